The van der Waals surface area contributed by atoms with Gasteiger partial charge < -0.3 is 9.72 Å². The predicted octanol–water partition coefficient (Wildman–Crippen LogP) is 3.65. The Kier molecular flexibility index (Phi) is 5.36. The lowest BCUT2D eigenvalue weighted by atomic mass is 10.2. The van der Waals surface area contributed by atoms with E-state index in [1.807, 2.05) is 50.4 Å². The molecule has 0 spiro atoms. The summed E-state index contributed by atoms with van der Waals surface area (Å²) in [5, 5.41) is 1.20. The van der Waals surface area contributed by atoms with Gasteiger partial charge in [0, 0.05) is 6.54 Å². The lowest BCUT2D eigenvalue weighted by Gasteiger charge is -2.24. The molecule has 3 aromatic rings. The van der Waals surface area contributed by atoms with Gasteiger partial charge in [0.2, 0.25) is 0 Å². The maximum absolute atomic E-state index is 12.2. The van der Waals surface area contributed by atoms with Crippen molar-refractivity contribution in [2.45, 2.75) is 13.0 Å². The first-order valence-corrected chi connectivity index (χ1v) is 8.50. The summed E-state index contributed by atoms with van der Waals surface area (Å²) in [6.45, 7) is 3.16. The smallest absolute Gasteiger partial charge is 0.258 e. The van der Waals surface area contributed by atoms with Crippen molar-refractivity contribution in [3.8, 4) is 5.75 Å². The molecule has 130 valence electrons. The van der Waals surface area contributed by atoms with E-state index in [0.717, 1.165) is 0 Å². The van der Waals surface area contributed by atoms with Crippen LogP contribution in [0.25, 0.3) is 10.9 Å². The summed E-state index contributed by atoms with van der Waals surface area (Å²) in [5.41, 5.74) is 0.585. The van der Waals surface area contributed by atoms with Crippen LogP contribution in [0.5, 0.6) is 5.75 Å². The van der Waals surface area contributed by atoms with Crippen LogP contribution in [0.4, 0.5) is 0 Å². The fraction of sp³-hybridized carbons (Fsp3) is 0.263. The van der Waals surface area contributed by atoms with Gasteiger partial charge >= 0.3 is 0 Å². The molecule has 0 radical (unpaired) electrons. The van der Waals surface area contributed by atoms with Crippen molar-refractivity contribution in [2.24, 2.45) is 0 Å². The minimum Gasteiger partial charge on any atom is -0.491 e. The largest absolute Gasteiger partial charge is 0.491 e. The number of ether oxygens (including phenoxy) is 1. The number of nitrogens with zero attached hydrogens (tertiary/aromatic N) is 2. The molecule has 0 bridgehead atoms. The van der Waals surface area contributed by atoms with Crippen LogP contribution in [0.2, 0.25) is 5.02 Å². The summed E-state index contributed by atoms with van der Waals surface area (Å²) in [4.78, 5) is 21.7. The predicted molar refractivity (Wildman–Crippen MR) is 100 cm³/mol. The van der Waals surface area contributed by atoms with Crippen LogP contribution >= 0.6 is 11.6 Å². The van der Waals surface area contributed by atoms with E-state index < -0.39 is 0 Å². The van der Waals surface area contributed by atoms with E-state index in [9.17, 15) is 4.79 Å². The third-order valence-electron chi connectivity index (χ3n) is 4.23. The number of nitrogens with one attached hydrogen (secondary N) is 1. The maximum Gasteiger partial charge on any atom is 0.258 e. The van der Waals surface area contributed by atoms with Crippen molar-refractivity contribution < 1.29 is 4.74 Å². The van der Waals surface area contributed by atoms with E-state index in [1.165, 1.54) is 0 Å². The zero-order valence-corrected chi connectivity index (χ0v) is 15.0. The number of H-pyrrole nitrogens is 1. The number of hydrogen-bond acceptors (Lipinski definition) is 4. The van der Waals surface area contributed by atoms with Crippen molar-refractivity contribution in [3.63, 3.8) is 0 Å². The topological polar surface area (TPSA) is 58.2 Å². The molecule has 0 aliphatic rings. The number of aromatic amines is 1. The number of hydrogen-bond donors (Lipinski definition) is 1. The number of halogens is 1. The van der Waals surface area contributed by atoms with Crippen molar-refractivity contribution in [1.82, 2.24) is 14.9 Å². The van der Waals surface area contributed by atoms with Gasteiger partial charge in [0.25, 0.3) is 5.56 Å². The average molecular weight is 358 g/mol. The summed E-state index contributed by atoms with van der Waals surface area (Å²) < 4.78 is 5.72. The molecule has 1 aromatic heterocycles. The first-order valence-electron chi connectivity index (χ1n) is 8.13. The maximum atomic E-state index is 12.2. The highest BCUT2D eigenvalue weighted by Crippen LogP contribution is 2.23. The minimum atomic E-state index is -0.117. The number of rotatable bonds is 6. The molecule has 0 amide bonds. The normalized spacial score (nSPS) is 12.5. The molecule has 0 aliphatic carbocycles. The molecule has 25 heavy (non-hydrogen) atoms. The highest BCUT2D eigenvalue weighted by molar-refractivity contribution is 6.32. The first kappa shape index (κ1) is 17.5. The molecular weight excluding hydrogens is 338 g/mol. The second-order valence-corrected chi connectivity index (χ2v) is 6.31. The van der Waals surface area contributed by atoms with Gasteiger partial charge in [-0.3, -0.25) is 9.69 Å². The highest BCUT2D eigenvalue weighted by Gasteiger charge is 2.15. The van der Waals surface area contributed by atoms with Gasteiger partial charge in [-0.25, -0.2) is 4.98 Å². The lowest BCUT2D eigenvalue weighted by molar-refractivity contribution is 0.196. The van der Waals surface area contributed by atoms with Crippen LogP contribution in [-0.4, -0.2) is 35.1 Å². The Morgan fingerprint density at radius 2 is 1.92 bits per heavy atom. The van der Waals surface area contributed by atoms with Gasteiger partial charge in [0.15, 0.2) is 0 Å². The Balaban J connectivity index is 1.67. The number of para-hydroxylation sites is 2. The fourth-order valence-electron chi connectivity index (χ4n) is 2.57. The second kappa shape index (κ2) is 7.68. The quantitative estimate of drug-likeness (QED) is 0.731. The Morgan fingerprint density at radius 1 is 1.20 bits per heavy atom. The van der Waals surface area contributed by atoms with Crippen molar-refractivity contribution >= 4 is 22.5 Å². The van der Waals surface area contributed by atoms with Crippen molar-refractivity contribution in [3.05, 3.63) is 69.7 Å². The van der Waals surface area contributed by atoms with Gasteiger partial charge in [0.05, 0.1) is 22.0 Å². The Morgan fingerprint density at radius 3 is 2.72 bits per heavy atom. The van der Waals surface area contributed by atoms with Crippen LogP contribution < -0.4 is 10.3 Å². The average Bonchev–Trinajstić information content (AvgIpc) is 2.62. The van der Waals surface area contributed by atoms with Crippen LogP contribution in [0.15, 0.2) is 53.3 Å². The van der Waals surface area contributed by atoms with Crippen molar-refractivity contribution in [1.29, 1.82) is 0 Å². The van der Waals surface area contributed by atoms with E-state index in [1.54, 1.807) is 12.1 Å². The number of fused-ring (bicyclic) bond motifs is 1. The Labute approximate surface area is 151 Å². The summed E-state index contributed by atoms with van der Waals surface area (Å²) in [6.07, 6.45) is 0. The van der Waals surface area contributed by atoms with E-state index in [-0.39, 0.29) is 11.6 Å². The summed E-state index contributed by atoms with van der Waals surface area (Å²) >= 11 is 6.08. The van der Waals surface area contributed by atoms with E-state index in [2.05, 4.69) is 14.9 Å². The molecule has 1 N–H and O–H groups in total. The molecule has 1 heterocycles. The van der Waals surface area contributed by atoms with Crippen LogP contribution in [0.1, 0.15) is 18.8 Å². The lowest BCUT2D eigenvalue weighted by Crippen LogP contribution is -2.29. The monoisotopic (exact) mass is 357 g/mol. The number of likely N-dealkylation sites (N-methyl/N-ethyl adjacent to an activating group) is 1. The van der Waals surface area contributed by atoms with Gasteiger partial charge in [-0.05, 0) is 38.2 Å². The molecule has 3 rings (SSSR count). The fourth-order valence-corrected chi connectivity index (χ4v) is 2.76. The molecule has 0 saturated heterocycles. The first-order chi connectivity index (χ1) is 12.1. The SMILES string of the molecule is CC(c1nc2ccccc2c(=O)[nH]1)N(C)CCOc1ccccc1Cl. The third-order valence-corrected chi connectivity index (χ3v) is 4.54. The van der Waals surface area contributed by atoms with Crippen LogP contribution in [0.3, 0.4) is 0 Å². The molecule has 1 unspecified atom stereocenters. The standard InChI is InChI=1S/C19H20ClN3O2/c1-13(18-21-16-9-5-3-7-14(16)19(24)22-18)23(2)11-12-25-17-10-6-4-8-15(17)20/h3-10,13H,11-12H2,1-2H3,(H,21,22,24). The number of benzene rings is 2. The molecule has 1 atom stereocenters. The summed E-state index contributed by atoms with van der Waals surface area (Å²) in [5.74, 6) is 1.31. The highest BCUT2D eigenvalue weighted by atomic mass is 35.5. The molecule has 0 saturated carbocycles. The molecule has 0 aliphatic heterocycles. The van der Waals surface area contributed by atoms with Gasteiger partial charge in [-0.2, -0.15) is 0 Å². The van der Waals surface area contributed by atoms with Gasteiger partial charge in [0.1, 0.15) is 18.2 Å². The van der Waals surface area contributed by atoms with Crippen molar-refractivity contribution in [2.75, 3.05) is 20.2 Å². The van der Waals surface area contributed by atoms with Crippen LogP contribution in [-0.2, 0) is 0 Å². The van der Waals surface area contributed by atoms with Gasteiger partial charge in [-0.1, -0.05) is 35.9 Å². The van der Waals surface area contributed by atoms with E-state index in [0.29, 0.717) is 40.7 Å². The summed E-state index contributed by atoms with van der Waals surface area (Å²) in [7, 11) is 1.97. The minimum absolute atomic E-state index is 0.0489. The molecular formula is C19H20ClN3O2. The van der Waals surface area contributed by atoms with E-state index in [4.69, 9.17) is 16.3 Å². The number of aromatic nitrogens is 2. The molecule has 6 heteroatoms. The van der Waals surface area contributed by atoms with Gasteiger partial charge in [-0.15, -0.1) is 0 Å². The summed E-state index contributed by atoms with van der Waals surface area (Å²) in [6, 6.07) is 14.7. The zero-order valence-electron chi connectivity index (χ0n) is 14.2. The molecule has 0 fully saturated rings. The third kappa shape index (κ3) is 4.00. The second-order valence-electron chi connectivity index (χ2n) is 5.90. The molecule has 5 nitrogen and oxygen atoms in total. The Bertz CT molecular complexity index is 926. The molecule has 2 aromatic carbocycles. The zero-order chi connectivity index (χ0) is 17.8. The van der Waals surface area contributed by atoms with E-state index >= 15 is 0 Å². The Hall–Kier alpha value is -2.37. The van der Waals surface area contributed by atoms with Crippen LogP contribution in [0, 0.1) is 0 Å².